The first-order valence-corrected chi connectivity index (χ1v) is 2.42. The fourth-order valence-electron chi connectivity index (χ4n) is 0.323. The molecule has 0 spiro atoms. The van der Waals surface area contributed by atoms with Crippen molar-refractivity contribution in [2.45, 2.75) is 13.0 Å². The van der Waals surface area contributed by atoms with Gasteiger partial charge in [-0.2, -0.15) is 5.26 Å². The molecule has 0 fully saturated rings. The highest BCUT2D eigenvalue weighted by molar-refractivity contribution is 5.79. The Kier molecular flexibility index (Phi) is 3.20. The van der Waals surface area contributed by atoms with Crippen molar-refractivity contribution in [2.75, 3.05) is 0 Å². The van der Waals surface area contributed by atoms with Crippen molar-refractivity contribution in [3.8, 4) is 0 Å². The summed E-state index contributed by atoms with van der Waals surface area (Å²) in [5.41, 5.74) is 0. The van der Waals surface area contributed by atoms with Crippen molar-refractivity contribution in [3.05, 3.63) is 0 Å². The summed E-state index contributed by atoms with van der Waals surface area (Å²) in [6, 6.07) is -1.05. The highest BCUT2D eigenvalue weighted by Crippen LogP contribution is 1.83. The van der Waals surface area contributed by atoms with Crippen molar-refractivity contribution in [2.24, 2.45) is 0 Å². The Balaban J connectivity index is 3.72. The van der Waals surface area contributed by atoms with E-state index < -0.39 is 18.1 Å². The number of hydrogen-bond donors (Lipinski definition) is 3. The summed E-state index contributed by atoms with van der Waals surface area (Å²) in [4.78, 5) is 23.3. The fraction of sp³-hybridized carbons (Fsp3) is 0.500. The maximum Gasteiger partial charge on any atom is 0.405 e. The molecule has 0 saturated carbocycles. The summed E-state index contributed by atoms with van der Waals surface area (Å²) >= 11 is 0. The van der Waals surface area contributed by atoms with Crippen LogP contribution in [0.25, 0.3) is 0 Å². The van der Waals surface area contributed by atoms with Crippen LogP contribution in [0.4, 0.5) is 4.79 Å². The van der Waals surface area contributed by atoms with Gasteiger partial charge in [0, 0.05) is 0 Å². The van der Waals surface area contributed by atoms with E-state index in [1.54, 1.807) is 5.32 Å². The first-order valence-electron chi connectivity index (χ1n) is 2.42. The average Bonchev–Trinajstić information content (AvgIpc) is 1.85. The number of hydrogen-bond acceptors (Lipinski definition) is 4. The molecule has 1 atom stereocenters. The van der Waals surface area contributed by atoms with Crippen LogP contribution in [-0.4, -0.2) is 28.5 Å². The van der Waals surface area contributed by atoms with Crippen LogP contribution in [0.3, 0.4) is 0 Å². The number of carboxylic acid groups (broad SMARTS) is 1. The van der Waals surface area contributed by atoms with E-state index in [0.717, 1.165) is 0 Å². The lowest BCUT2D eigenvalue weighted by atomic mass is 10.4. The molecule has 0 aromatic heterocycles. The lowest BCUT2D eigenvalue weighted by Crippen LogP contribution is -2.38. The molecular formula is C4H7NO5. The Morgan fingerprint density at radius 3 is 2.40 bits per heavy atom. The third-order valence-electron chi connectivity index (χ3n) is 0.784. The quantitative estimate of drug-likeness (QED) is 0.368. The van der Waals surface area contributed by atoms with E-state index in [1.807, 2.05) is 0 Å². The van der Waals surface area contributed by atoms with Gasteiger partial charge in [-0.15, -0.1) is 0 Å². The Bertz CT molecular complexity index is 145. The molecule has 6 nitrogen and oxygen atoms in total. The molecule has 10 heavy (non-hydrogen) atoms. The van der Waals surface area contributed by atoms with E-state index in [4.69, 9.17) is 10.4 Å². The van der Waals surface area contributed by atoms with Gasteiger partial charge in [-0.1, -0.05) is 0 Å². The molecule has 6 heteroatoms. The zero-order valence-electron chi connectivity index (χ0n) is 5.20. The van der Waals surface area contributed by atoms with Crippen LogP contribution >= 0.6 is 0 Å². The van der Waals surface area contributed by atoms with Crippen LogP contribution in [0.1, 0.15) is 6.92 Å². The normalized spacial score (nSPS) is 11.8. The predicted molar refractivity (Wildman–Crippen MR) is 29.3 cm³/mol. The summed E-state index contributed by atoms with van der Waals surface area (Å²) in [6.07, 6.45) is -1.35. The van der Waals surface area contributed by atoms with Gasteiger partial charge < -0.3 is 10.4 Å². The molecule has 1 amide bonds. The molecule has 3 N–H and O–H groups in total. The second-order valence-corrected chi connectivity index (χ2v) is 1.58. The fourth-order valence-corrected chi connectivity index (χ4v) is 0.323. The summed E-state index contributed by atoms with van der Waals surface area (Å²) in [5.74, 6) is -1.04. The highest BCUT2D eigenvalue weighted by Gasteiger charge is 2.15. The number of rotatable bonds is 2. The molecule has 0 aliphatic carbocycles. The highest BCUT2D eigenvalue weighted by atomic mass is 17.1. The maximum atomic E-state index is 10.2. The molecule has 0 unspecified atom stereocenters. The van der Waals surface area contributed by atoms with E-state index >= 15 is 0 Å². The Morgan fingerprint density at radius 2 is 2.10 bits per heavy atom. The SMILES string of the molecule is C[C@@H](NC(=O)O)C(=O)OO. The third kappa shape index (κ3) is 2.88. The minimum absolute atomic E-state index is 1.04. The van der Waals surface area contributed by atoms with Crippen LogP contribution in [0, 0.1) is 0 Å². The molecule has 0 aliphatic heterocycles. The zero-order valence-corrected chi connectivity index (χ0v) is 5.20. The van der Waals surface area contributed by atoms with E-state index in [0.29, 0.717) is 0 Å². The molecule has 0 aromatic rings. The molecule has 0 radical (unpaired) electrons. The molecule has 0 heterocycles. The molecule has 58 valence electrons. The van der Waals surface area contributed by atoms with Crippen LogP contribution < -0.4 is 5.32 Å². The van der Waals surface area contributed by atoms with Crippen LogP contribution in [-0.2, 0) is 9.68 Å². The second kappa shape index (κ2) is 3.67. The zero-order chi connectivity index (χ0) is 8.15. The van der Waals surface area contributed by atoms with Crippen molar-refractivity contribution in [1.82, 2.24) is 5.32 Å². The third-order valence-corrected chi connectivity index (χ3v) is 0.784. The summed E-state index contributed by atoms with van der Waals surface area (Å²) in [7, 11) is 0. The van der Waals surface area contributed by atoms with Gasteiger partial charge in [-0.3, -0.25) is 4.89 Å². The van der Waals surface area contributed by atoms with Crippen LogP contribution in [0.15, 0.2) is 0 Å². The molecule has 0 aliphatic rings. The van der Waals surface area contributed by atoms with Crippen molar-refractivity contribution in [3.63, 3.8) is 0 Å². The van der Waals surface area contributed by atoms with Gasteiger partial charge in [0.25, 0.3) is 0 Å². The topological polar surface area (TPSA) is 95.9 Å². The molecule has 0 bridgehead atoms. The Hall–Kier alpha value is -1.30. The van der Waals surface area contributed by atoms with E-state index in [1.165, 1.54) is 6.92 Å². The Labute approximate surface area is 56.3 Å². The lowest BCUT2D eigenvalue weighted by Gasteiger charge is -2.05. The maximum absolute atomic E-state index is 10.2. The molecule has 0 rings (SSSR count). The monoisotopic (exact) mass is 149 g/mol. The first-order chi connectivity index (χ1) is 4.57. The standard InChI is InChI=1S/C4H7NO5/c1-2(3(6)10-9)5-4(7)8/h2,5,9H,1H3,(H,7,8)/t2-/m1/s1. The predicted octanol–water partition coefficient (Wildman–Crippen LogP) is -0.341. The van der Waals surface area contributed by atoms with E-state index in [9.17, 15) is 9.59 Å². The van der Waals surface area contributed by atoms with Gasteiger partial charge in [0.1, 0.15) is 6.04 Å². The van der Waals surface area contributed by atoms with Gasteiger partial charge in [-0.25, -0.2) is 9.59 Å². The number of amides is 1. The Morgan fingerprint density at radius 1 is 1.60 bits per heavy atom. The van der Waals surface area contributed by atoms with E-state index in [2.05, 4.69) is 4.89 Å². The van der Waals surface area contributed by atoms with Gasteiger partial charge in [0.15, 0.2) is 0 Å². The largest absolute Gasteiger partial charge is 0.465 e. The van der Waals surface area contributed by atoms with Gasteiger partial charge >= 0.3 is 12.1 Å². The average molecular weight is 149 g/mol. The summed E-state index contributed by atoms with van der Waals surface area (Å²) < 4.78 is 0. The van der Waals surface area contributed by atoms with E-state index in [-0.39, 0.29) is 0 Å². The minimum Gasteiger partial charge on any atom is -0.465 e. The minimum atomic E-state index is -1.35. The van der Waals surface area contributed by atoms with Gasteiger partial charge in [0.05, 0.1) is 0 Å². The van der Waals surface area contributed by atoms with Gasteiger partial charge in [0.2, 0.25) is 0 Å². The molecular weight excluding hydrogens is 142 g/mol. The number of nitrogens with one attached hydrogen (secondary N) is 1. The smallest absolute Gasteiger partial charge is 0.405 e. The van der Waals surface area contributed by atoms with Gasteiger partial charge in [-0.05, 0) is 6.92 Å². The first kappa shape index (κ1) is 8.70. The summed E-state index contributed by atoms with van der Waals surface area (Å²) in [6.45, 7) is 1.24. The lowest BCUT2D eigenvalue weighted by molar-refractivity contribution is -0.235. The molecule has 0 saturated heterocycles. The number of carbonyl (C=O) groups excluding carboxylic acids is 1. The van der Waals surface area contributed by atoms with Crippen LogP contribution in [0.2, 0.25) is 0 Å². The molecule has 0 aromatic carbocycles. The van der Waals surface area contributed by atoms with Crippen LogP contribution in [0.5, 0.6) is 0 Å². The van der Waals surface area contributed by atoms with Crippen molar-refractivity contribution < 1.29 is 24.8 Å². The van der Waals surface area contributed by atoms with Crippen molar-refractivity contribution in [1.29, 1.82) is 0 Å². The second-order valence-electron chi connectivity index (χ2n) is 1.58. The number of carbonyl (C=O) groups is 2. The summed E-state index contributed by atoms with van der Waals surface area (Å²) in [5, 5.41) is 17.5. The van der Waals surface area contributed by atoms with Crippen molar-refractivity contribution >= 4 is 12.1 Å².